The van der Waals surface area contributed by atoms with Crippen LogP contribution in [0.15, 0.2) is 35.8 Å². The lowest BCUT2D eigenvalue weighted by Gasteiger charge is -2.24. The number of nitrogens with zero attached hydrogens (tertiary/aromatic N) is 3. The van der Waals surface area contributed by atoms with Gasteiger partial charge in [-0.05, 0) is 75.5 Å². The van der Waals surface area contributed by atoms with Gasteiger partial charge in [0.25, 0.3) is 0 Å². The van der Waals surface area contributed by atoms with Gasteiger partial charge < -0.3 is 33.5 Å². The van der Waals surface area contributed by atoms with Crippen molar-refractivity contribution < 1.29 is 33.3 Å². The number of hydrogen-bond donors (Lipinski definition) is 0. The van der Waals surface area contributed by atoms with Gasteiger partial charge in [0.1, 0.15) is 6.10 Å². The molecule has 1 saturated heterocycles. The second-order valence-corrected chi connectivity index (χ2v) is 11.5. The van der Waals surface area contributed by atoms with E-state index in [1.165, 1.54) is 25.6 Å². The Labute approximate surface area is 250 Å². The van der Waals surface area contributed by atoms with Crippen LogP contribution >= 0.6 is 11.3 Å². The third-order valence-electron chi connectivity index (χ3n) is 7.75. The second-order valence-electron chi connectivity index (χ2n) is 10.6. The molecule has 0 N–H and O–H groups in total. The average molecular weight is 598 g/mol. The quantitative estimate of drug-likeness (QED) is 0.395. The van der Waals surface area contributed by atoms with Gasteiger partial charge in [0.2, 0.25) is 5.75 Å². The van der Waals surface area contributed by atoms with Gasteiger partial charge in [0.15, 0.2) is 11.5 Å². The van der Waals surface area contributed by atoms with Crippen molar-refractivity contribution in [1.29, 1.82) is 0 Å². The maximum absolute atomic E-state index is 13.2. The normalized spacial score (nSPS) is 22.5. The number of hydrogen-bond acceptors (Lipinski definition) is 11. The Morgan fingerprint density at radius 1 is 0.905 bits per heavy atom. The first-order chi connectivity index (χ1) is 20.5. The summed E-state index contributed by atoms with van der Waals surface area (Å²) in [5.74, 6) is 0.458. The molecule has 4 bridgehead atoms. The minimum atomic E-state index is -0.427. The van der Waals surface area contributed by atoms with Gasteiger partial charge in [0.05, 0.1) is 54.3 Å². The number of carbonyl (C=O) groups is 2. The number of ether oxygens (including phenoxy) is 5. The molecule has 0 amide bonds. The number of aromatic nitrogens is 1. The zero-order valence-corrected chi connectivity index (χ0v) is 25.2. The molecule has 5 rings (SSSR count). The smallest absolute Gasteiger partial charge is 0.338 e. The number of fused-ring (bicyclic) bond motifs is 6. The molecule has 0 aliphatic carbocycles. The molecular formula is C31H39N3O7S. The van der Waals surface area contributed by atoms with Gasteiger partial charge in [-0.3, -0.25) is 0 Å². The molecule has 1 aromatic heterocycles. The van der Waals surface area contributed by atoms with E-state index in [0.717, 1.165) is 68.7 Å². The minimum absolute atomic E-state index is 0.266. The molecule has 0 spiro atoms. The molecule has 2 aliphatic rings. The van der Waals surface area contributed by atoms with Crippen molar-refractivity contribution in [3.05, 3.63) is 47.0 Å². The molecule has 3 atom stereocenters. The van der Waals surface area contributed by atoms with Crippen LogP contribution in [-0.4, -0.2) is 99.5 Å². The number of thiazole rings is 1. The molecular weight excluding hydrogens is 558 g/mol. The Bertz CT molecular complexity index is 1360. The van der Waals surface area contributed by atoms with Crippen molar-refractivity contribution in [2.75, 3.05) is 66.7 Å². The molecule has 1 fully saturated rings. The predicted octanol–water partition coefficient (Wildman–Crippen LogP) is 4.66. The molecule has 3 heterocycles. The van der Waals surface area contributed by atoms with Crippen molar-refractivity contribution >= 4 is 33.5 Å². The molecule has 10 nitrogen and oxygen atoms in total. The standard InChI is InChI=1S/C31H39N3O7S/c1-37-26-18-23-19-27(29(26)38-2)39-16-3-6-24(41-31(36)22-7-8-25-28(20-22)42-21-32-25)9-13-34-11-4-10-33(14-15-34)12-5-17-40-30(23)35/h7-8,18-21,24H,3-6,9-17H2,1-2H3. The number of carbonyl (C=O) groups excluding carboxylic acids is 2. The maximum atomic E-state index is 13.2. The van der Waals surface area contributed by atoms with Gasteiger partial charge in [-0.15, -0.1) is 11.3 Å². The Balaban J connectivity index is 1.32. The Hall–Kier alpha value is -3.41. The first kappa shape index (κ1) is 30.1. The second kappa shape index (κ2) is 14.7. The summed E-state index contributed by atoms with van der Waals surface area (Å²) in [6.07, 6.45) is 3.58. The summed E-state index contributed by atoms with van der Waals surface area (Å²) < 4.78 is 29.7. The highest BCUT2D eigenvalue weighted by atomic mass is 32.1. The van der Waals surface area contributed by atoms with E-state index >= 15 is 0 Å². The number of benzene rings is 2. The summed E-state index contributed by atoms with van der Waals surface area (Å²) in [4.78, 5) is 35.3. The Kier molecular flexibility index (Phi) is 10.5. The van der Waals surface area contributed by atoms with Crippen molar-refractivity contribution in [2.45, 2.75) is 38.2 Å². The van der Waals surface area contributed by atoms with Crippen molar-refractivity contribution in [3.63, 3.8) is 0 Å². The van der Waals surface area contributed by atoms with Crippen molar-refractivity contribution in [1.82, 2.24) is 14.8 Å². The fraction of sp³-hybridized carbons (Fsp3) is 0.516. The van der Waals surface area contributed by atoms with Crippen molar-refractivity contribution in [2.24, 2.45) is 0 Å². The molecule has 11 heteroatoms. The van der Waals surface area contributed by atoms with Crippen LogP contribution in [0.5, 0.6) is 17.2 Å². The third-order valence-corrected chi connectivity index (χ3v) is 8.54. The number of cyclic esters (lactones) is 1. The molecule has 0 radical (unpaired) electrons. The number of methoxy groups -OCH3 is 2. The predicted molar refractivity (Wildman–Crippen MR) is 160 cm³/mol. The van der Waals surface area contributed by atoms with Crippen LogP contribution in [0.25, 0.3) is 10.2 Å². The highest BCUT2D eigenvalue weighted by molar-refractivity contribution is 7.16. The lowest BCUT2D eigenvalue weighted by molar-refractivity contribution is 0.0222. The average Bonchev–Trinajstić information content (AvgIpc) is 3.36. The molecule has 3 unspecified atom stereocenters. The lowest BCUT2D eigenvalue weighted by Crippen LogP contribution is -2.34. The SMILES string of the molecule is COc1cc2cc(c1OC)OCCCC(OC(=O)c1ccc3ncsc3c1)CCN1CCCN(CCCOC2=O)CC1. The van der Waals surface area contributed by atoms with Crippen molar-refractivity contribution in [3.8, 4) is 17.2 Å². The number of rotatable bonds is 4. The van der Waals surface area contributed by atoms with E-state index in [0.29, 0.717) is 54.4 Å². The summed E-state index contributed by atoms with van der Waals surface area (Å²) in [7, 11) is 3.05. The van der Waals surface area contributed by atoms with Crippen LogP contribution in [0.1, 0.15) is 52.8 Å². The fourth-order valence-electron chi connectivity index (χ4n) is 5.45. The van der Waals surface area contributed by atoms with E-state index in [2.05, 4.69) is 14.8 Å². The summed E-state index contributed by atoms with van der Waals surface area (Å²) in [6.45, 7) is 6.34. The van der Waals surface area contributed by atoms with Gasteiger partial charge in [-0.25, -0.2) is 14.6 Å². The van der Waals surface area contributed by atoms with Crippen LogP contribution in [0, 0.1) is 0 Å². The monoisotopic (exact) mass is 597 g/mol. The van der Waals surface area contributed by atoms with Gasteiger partial charge >= 0.3 is 11.9 Å². The van der Waals surface area contributed by atoms with E-state index < -0.39 is 5.97 Å². The topological polar surface area (TPSA) is 99.7 Å². The first-order valence-electron chi connectivity index (χ1n) is 14.6. The zero-order chi connectivity index (χ0) is 29.3. The fourth-order valence-corrected chi connectivity index (χ4v) is 6.16. The Morgan fingerprint density at radius 2 is 1.69 bits per heavy atom. The van der Waals surface area contributed by atoms with Crippen LogP contribution in [0.4, 0.5) is 0 Å². The minimum Gasteiger partial charge on any atom is -0.493 e. The summed E-state index contributed by atoms with van der Waals surface area (Å²) in [5, 5.41) is 0. The highest BCUT2D eigenvalue weighted by Crippen LogP contribution is 2.39. The first-order valence-corrected chi connectivity index (χ1v) is 15.5. The number of esters is 2. The van der Waals surface area contributed by atoms with E-state index in [1.807, 2.05) is 12.1 Å². The summed E-state index contributed by atoms with van der Waals surface area (Å²) >= 11 is 1.51. The molecule has 0 saturated carbocycles. The van der Waals surface area contributed by atoms with Crippen LogP contribution in [-0.2, 0) is 9.47 Å². The van der Waals surface area contributed by atoms with Crippen LogP contribution in [0.2, 0.25) is 0 Å². The molecule has 3 aromatic rings. The zero-order valence-electron chi connectivity index (χ0n) is 24.3. The van der Waals surface area contributed by atoms with E-state index in [1.54, 1.807) is 23.7 Å². The third kappa shape index (κ3) is 7.70. The molecule has 42 heavy (non-hydrogen) atoms. The highest BCUT2D eigenvalue weighted by Gasteiger charge is 2.22. The van der Waals surface area contributed by atoms with Gasteiger partial charge in [0, 0.05) is 26.2 Å². The van der Waals surface area contributed by atoms with E-state index in [4.69, 9.17) is 23.7 Å². The Morgan fingerprint density at radius 3 is 2.50 bits per heavy atom. The van der Waals surface area contributed by atoms with Crippen LogP contribution in [0.3, 0.4) is 0 Å². The van der Waals surface area contributed by atoms with Gasteiger partial charge in [-0.1, -0.05) is 0 Å². The molecule has 2 aromatic carbocycles. The summed E-state index contributed by atoms with van der Waals surface area (Å²) in [5.41, 5.74) is 3.53. The summed E-state index contributed by atoms with van der Waals surface area (Å²) in [6, 6.07) is 8.73. The largest absolute Gasteiger partial charge is 0.493 e. The lowest BCUT2D eigenvalue weighted by atomic mass is 10.1. The van der Waals surface area contributed by atoms with Crippen LogP contribution < -0.4 is 14.2 Å². The maximum Gasteiger partial charge on any atom is 0.338 e. The molecule has 226 valence electrons. The van der Waals surface area contributed by atoms with E-state index in [9.17, 15) is 9.59 Å². The van der Waals surface area contributed by atoms with E-state index in [-0.39, 0.29) is 12.1 Å². The van der Waals surface area contributed by atoms with Gasteiger partial charge in [-0.2, -0.15) is 0 Å². The molecule has 2 aliphatic heterocycles.